The van der Waals surface area contributed by atoms with Crippen molar-refractivity contribution < 1.29 is 26.2 Å². The van der Waals surface area contributed by atoms with E-state index in [1.165, 1.54) is 0 Å². The fourth-order valence-electron chi connectivity index (χ4n) is 0.272. The molecule has 0 saturated heterocycles. The third-order valence-corrected chi connectivity index (χ3v) is 0.564. The fraction of sp³-hybridized carbons (Fsp3) is 0.500. The van der Waals surface area contributed by atoms with Gasteiger partial charge in [-0.1, -0.05) is 6.92 Å². The molecule has 7 heavy (non-hydrogen) atoms. The van der Waals surface area contributed by atoms with Gasteiger partial charge in [-0.2, -0.15) is 0 Å². The van der Waals surface area contributed by atoms with Gasteiger partial charge in [0.2, 0.25) is 0 Å². The maximum atomic E-state index is 2.12. The molecular weight excluding hydrogens is 163 g/mol. The second kappa shape index (κ2) is 9.70. The van der Waals surface area contributed by atoms with Gasteiger partial charge >= 0.3 is 0 Å². The largest absolute Gasteiger partial charge is 0.233 e. The summed E-state index contributed by atoms with van der Waals surface area (Å²) < 4.78 is 0. The van der Waals surface area contributed by atoms with Gasteiger partial charge in [-0.25, -0.2) is 18.6 Å². The molecule has 0 aromatic rings. The first-order valence-electron chi connectivity index (χ1n) is 2.36. The summed E-state index contributed by atoms with van der Waals surface area (Å²) in [6.07, 6.45) is 7.36. The molecule has 0 aromatic heterocycles. The van der Waals surface area contributed by atoms with Gasteiger partial charge in [0.1, 0.15) is 0 Å². The molecule has 0 nitrogen and oxygen atoms in total. The van der Waals surface area contributed by atoms with Gasteiger partial charge in [-0.05, 0) is 0 Å². The third-order valence-electron chi connectivity index (χ3n) is 0.564. The maximum Gasteiger partial charge on any atom is 0 e. The van der Waals surface area contributed by atoms with E-state index in [0.29, 0.717) is 0 Å². The Bertz CT molecular complexity index is 33.4. The van der Waals surface area contributed by atoms with E-state index >= 15 is 0 Å². The van der Waals surface area contributed by atoms with Crippen molar-refractivity contribution in [1.82, 2.24) is 0 Å². The molecule has 0 spiro atoms. The topological polar surface area (TPSA) is 0 Å². The average molecular weight is 174 g/mol. The van der Waals surface area contributed by atoms with Gasteiger partial charge in [-0.15, -0.1) is 13.3 Å². The van der Waals surface area contributed by atoms with Crippen molar-refractivity contribution >= 4 is 0 Å². The quantitative estimate of drug-likeness (QED) is 0.563. The van der Waals surface area contributed by atoms with Crippen LogP contribution in [0.3, 0.4) is 0 Å². The molecule has 0 amide bonds. The molecule has 0 N–H and O–H groups in total. The van der Waals surface area contributed by atoms with E-state index in [9.17, 15) is 0 Å². The minimum absolute atomic E-state index is 0. The number of rotatable bonds is 2. The van der Waals surface area contributed by atoms with Gasteiger partial charge in [-0.3, -0.25) is 0 Å². The van der Waals surface area contributed by atoms with Crippen LogP contribution in [0.4, 0.5) is 0 Å². The maximum absolute atomic E-state index is 2.12. The summed E-state index contributed by atoms with van der Waals surface area (Å²) >= 11 is 0. The van der Waals surface area contributed by atoms with Crippen molar-refractivity contribution in [1.29, 1.82) is 0 Å². The Morgan fingerprint density at radius 3 is 2.29 bits per heavy atom. The van der Waals surface area contributed by atoms with Crippen LogP contribution < -0.4 is 0 Å². The van der Waals surface area contributed by atoms with Crippen molar-refractivity contribution in [3.8, 4) is 0 Å². The monoisotopic (exact) mass is 173 g/mol. The Hall–Kier alpha value is 0.493. The smallest absolute Gasteiger partial charge is 0 e. The van der Waals surface area contributed by atoms with E-state index in [1.807, 2.05) is 13.3 Å². The number of allylic oxidation sites excluding steroid dienone is 2. The Morgan fingerprint density at radius 2 is 2.14 bits per heavy atom. The second-order valence-electron chi connectivity index (χ2n) is 1.17. The van der Waals surface area contributed by atoms with Crippen molar-refractivity contribution in [2.75, 3.05) is 0 Å². The average Bonchev–Trinajstić information content (AvgIpc) is 1.61. The molecule has 0 bridgehead atoms. The van der Waals surface area contributed by atoms with Crippen LogP contribution in [0.15, 0.2) is 12.2 Å². The zero-order chi connectivity index (χ0) is 4.83. The predicted molar refractivity (Wildman–Crippen MR) is 29.4 cm³/mol. The van der Waals surface area contributed by atoms with Gasteiger partial charge in [0.15, 0.2) is 0 Å². The van der Waals surface area contributed by atoms with E-state index in [4.69, 9.17) is 0 Å². The molecular formula is C6H11Zr-. The van der Waals surface area contributed by atoms with Crippen LogP contribution in [-0.2, 0) is 26.2 Å². The van der Waals surface area contributed by atoms with E-state index in [-0.39, 0.29) is 26.2 Å². The van der Waals surface area contributed by atoms with Crippen LogP contribution in [-0.4, -0.2) is 0 Å². The summed E-state index contributed by atoms with van der Waals surface area (Å²) in [4.78, 5) is 0. The summed E-state index contributed by atoms with van der Waals surface area (Å²) in [5.74, 6) is 0. The second-order valence-corrected chi connectivity index (χ2v) is 1.17. The van der Waals surface area contributed by atoms with Gasteiger partial charge < -0.3 is 0 Å². The Morgan fingerprint density at radius 1 is 1.57 bits per heavy atom. The molecule has 40 valence electrons. The van der Waals surface area contributed by atoms with E-state index in [2.05, 4.69) is 19.1 Å². The van der Waals surface area contributed by atoms with E-state index in [1.54, 1.807) is 0 Å². The van der Waals surface area contributed by atoms with Crippen LogP contribution >= 0.6 is 0 Å². The summed E-state index contributed by atoms with van der Waals surface area (Å²) in [6.45, 7) is 4.14. The standard InChI is InChI=1S/C6H11.Zr/c1-3-5-6-4-2;/h3,5-6H,4H2,1-2H3;/q-1;. The molecule has 0 radical (unpaired) electrons. The van der Waals surface area contributed by atoms with Crippen LogP contribution in [0.2, 0.25) is 0 Å². The summed E-state index contributed by atoms with van der Waals surface area (Å²) in [6, 6.07) is 0. The van der Waals surface area contributed by atoms with Crippen molar-refractivity contribution in [3.05, 3.63) is 18.6 Å². The zero-order valence-corrected chi connectivity index (χ0v) is 7.40. The number of hydrogen-bond acceptors (Lipinski definition) is 0. The first kappa shape index (κ1) is 10.5. The van der Waals surface area contributed by atoms with Crippen molar-refractivity contribution in [2.45, 2.75) is 20.3 Å². The van der Waals surface area contributed by atoms with Gasteiger partial charge in [0, 0.05) is 26.2 Å². The van der Waals surface area contributed by atoms with E-state index < -0.39 is 0 Å². The van der Waals surface area contributed by atoms with Crippen molar-refractivity contribution in [2.24, 2.45) is 0 Å². The first-order chi connectivity index (χ1) is 2.91. The minimum Gasteiger partial charge on any atom is -0.233 e. The fourth-order valence-corrected chi connectivity index (χ4v) is 0.272. The SMILES string of the molecule is C[CH-]C=CCC.[Zr]. The molecule has 0 fully saturated rings. The molecule has 0 aliphatic rings. The first-order valence-corrected chi connectivity index (χ1v) is 2.36. The Labute approximate surface area is 65.1 Å². The third kappa shape index (κ3) is 10.7. The Kier molecular flexibility index (Phi) is 14.5. The zero-order valence-electron chi connectivity index (χ0n) is 4.94. The molecule has 0 heterocycles. The van der Waals surface area contributed by atoms with Crippen molar-refractivity contribution in [3.63, 3.8) is 0 Å². The molecule has 0 atom stereocenters. The van der Waals surface area contributed by atoms with Gasteiger partial charge in [0.25, 0.3) is 0 Å². The van der Waals surface area contributed by atoms with Crippen LogP contribution in [0.5, 0.6) is 0 Å². The van der Waals surface area contributed by atoms with Crippen LogP contribution in [0.1, 0.15) is 20.3 Å². The molecule has 0 aliphatic carbocycles. The normalized spacial score (nSPS) is 8.29. The van der Waals surface area contributed by atoms with E-state index in [0.717, 1.165) is 6.42 Å². The molecule has 0 saturated carbocycles. The molecule has 1 heteroatoms. The minimum atomic E-state index is 0. The predicted octanol–water partition coefficient (Wildman–Crippen LogP) is 2.17. The van der Waals surface area contributed by atoms with Crippen LogP contribution in [0.25, 0.3) is 0 Å². The molecule has 0 rings (SSSR count). The Balaban J connectivity index is 0. The van der Waals surface area contributed by atoms with Gasteiger partial charge in [0.05, 0.1) is 0 Å². The summed E-state index contributed by atoms with van der Waals surface area (Å²) in [5.41, 5.74) is 0. The summed E-state index contributed by atoms with van der Waals surface area (Å²) in [5, 5.41) is 0. The van der Waals surface area contributed by atoms with Crippen LogP contribution in [0, 0.1) is 6.42 Å². The molecule has 0 aromatic carbocycles. The number of hydrogen-bond donors (Lipinski definition) is 0. The molecule has 0 unspecified atom stereocenters. The molecule has 0 aliphatic heterocycles. The summed E-state index contributed by atoms with van der Waals surface area (Å²) in [7, 11) is 0.